The standard InChI is InChI=1S/C23H26O4/c1-6-26-21(24)10-8-18-14-20-16(4)12-15(3)13-17(5)23(20)19(18)9-11-22(25)27-7-2/h8-14H,6-7H2,1-5H3/b10-8+,11-9+. The number of carbonyl (C=O) groups is 2. The number of rotatable bonds is 6. The van der Waals surface area contributed by atoms with Gasteiger partial charge in [0.1, 0.15) is 0 Å². The van der Waals surface area contributed by atoms with E-state index in [1.807, 2.05) is 6.07 Å². The maximum atomic E-state index is 11.8. The zero-order valence-electron chi connectivity index (χ0n) is 16.6. The molecular weight excluding hydrogens is 340 g/mol. The zero-order chi connectivity index (χ0) is 20.0. The maximum absolute atomic E-state index is 11.8. The topological polar surface area (TPSA) is 52.6 Å². The lowest BCUT2D eigenvalue weighted by molar-refractivity contribution is -0.138. The summed E-state index contributed by atoms with van der Waals surface area (Å²) >= 11 is 0. The fourth-order valence-electron chi connectivity index (χ4n) is 3.21. The van der Waals surface area contributed by atoms with Gasteiger partial charge in [-0.15, -0.1) is 0 Å². The molecule has 0 aromatic heterocycles. The van der Waals surface area contributed by atoms with E-state index in [9.17, 15) is 9.59 Å². The summed E-state index contributed by atoms with van der Waals surface area (Å²) in [7, 11) is 0. The third-order valence-corrected chi connectivity index (χ3v) is 4.22. The van der Waals surface area contributed by atoms with Gasteiger partial charge in [-0.1, -0.05) is 17.7 Å². The molecule has 2 aliphatic carbocycles. The van der Waals surface area contributed by atoms with E-state index in [1.165, 1.54) is 17.7 Å². The van der Waals surface area contributed by atoms with Crippen molar-refractivity contribution in [1.29, 1.82) is 0 Å². The van der Waals surface area contributed by atoms with Crippen molar-refractivity contribution in [2.24, 2.45) is 0 Å². The number of aryl methyl sites for hydroxylation is 3. The van der Waals surface area contributed by atoms with Crippen molar-refractivity contribution < 1.29 is 19.1 Å². The molecule has 2 rings (SSSR count). The van der Waals surface area contributed by atoms with Crippen LogP contribution >= 0.6 is 0 Å². The van der Waals surface area contributed by atoms with Crippen molar-refractivity contribution in [3.05, 3.63) is 58.2 Å². The van der Waals surface area contributed by atoms with Crippen molar-refractivity contribution in [3.8, 4) is 11.1 Å². The summed E-state index contributed by atoms with van der Waals surface area (Å²) in [5.41, 5.74) is 7.30. The Balaban J connectivity index is 2.63. The molecule has 4 heteroatoms. The smallest absolute Gasteiger partial charge is 0.330 e. The highest BCUT2D eigenvalue weighted by atomic mass is 16.5. The van der Waals surface area contributed by atoms with Crippen LogP contribution in [-0.4, -0.2) is 25.2 Å². The van der Waals surface area contributed by atoms with Crippen LogP contribution in [0.4, 0.5) is 0 Å². The second-order valence-electron chi connectivity index (χ2n) is 6.37. The van der Waals surface area contributed by atoms with Gasteiger partial charge >= 0.3 is 11.9 Å². The number of ether oxygens (including phenoxy) is 2. The van der Waals surface area contributed by atoms with Gasteiger partial charge in [-0.25, -0.2) is 9.59 Å². The van der Waals surface area contributed by atoms with Gasteiger partial charge in [0.25, 0.3) is 0 Å². The van der Waals surface area contributed by atoms with E-state index in [1.54, 1.807) is 26.0 Å². The summed E-state index contributed by atoms with van der Waals surface area (Å²) in [5, 5.41) is 0. The third-order valence-electron chi connectivity index (χ3n) is 4.22. The Labute approximate surface area is 160 Å². The molecule has 0 aliphatic heterocycles. The zero-order valence-corrected chi connectivity index (χ0v) is 16.6. The summed E-state index contributed by atoms with van der Waals surface area (Å²) in [6.07, 6.45) is 6.32. The maximum Gasteiger partial charge on any atom is 0.330 e. The molecule has 0 saturated carbocycles. The number of hydrogen-bond donors (Lipinski definition) is 0. The Morgan fingerprint density at radius 2 is 1.41 bits per heavy atom. The van der Waals surface area contributed by atoms with Crippen molar-refractivity contribution in [2.75, 3.05) is 13.2 Å². The Hall–Kier alpha value is -2.88. The molecule has 0 fully saturated rings. The highest BCUT2D eigenvalue weighted by molar-refractivity contribution is 5.96. The Kier molecular flexibility index (Phi) is 6.94. The Bertz CT molecular complexity index is 875. The van der Waals surface area contributed by atoms with E-state index < -0.39 is 11.9 Å². The predicted octanol–water partition coefficient (Wildman–Crippen LogP) is 4.87. The van der Waals surface area contributed by atoms with Crippen LogP contribution in [0.3, 0.4) is 0 Å². The van der Waals surface area contributed by atoms with Crippen LogP contribution in [0.15, 0.2) is 30.4 Å². The van der Waals surface area contributed by atoms with Crippen molar-refractivity contribution >= 4 is 24.1 Å². The molecule has 0 N–H and O–H groups in total. The molecule has 4 nitrogen and oxygen atoms in total. The van der Waals surface area contributed by atoms with Crippen LogP contribution in [0.25, 0.3) is 23.3 Å². The highest BCUT2D eigenvalue weighted by Crippen LogP contribution is 2.38. The first-order valence-electron chi connectivity index (χ1n) is 9.11. The van der Waals surface area contributed by atoms with Crippen molar-refractivity contribution in [3.63, 3.8) is 0 Å². The van der Waals surface area contributed by atoms with Crippen LogP contribution in [0.5, 0.6) is 0 Å². The van der Waals surface area contributed by atoms with Crippen LogP contribution in [0, 0.1) is 20.8 Å². The van der Waals surface area contributed by atoms with E-state index >= 15 is 0 Å². The quantitative estimate of drug-likeness (QED) is 0.541. The molecule has 142 valence electrons. The van der Waals surface area contributed by atoms with Crippen LogP contribution < -0.4 is 0 Å². The lowest BCUT2D eigenvalue weighted by atomic mass is 10.0. The monoisotopic (exact) mass is 366 g/mol. The van der Waals surface area contributed by atoms with Gasteiger partial charge in [0.15, 0.2) is 0 Å². The average molecular weight is 366 g/mol. The van der Waals surface area contributed by atoms with Crippen molar-refractivity contribution in [1.82, 2.24) is 0 Å². The first-order chi connectivity index (χ1) is 12.9. The SMILES string of the molecule is CCOC(=O)/C=C/c1cc2c(C)cc(C)cc(C)c-2c1/C=C/C(=O)OCC. The lowest BCUT2D eigenvalue weighted by Gasteiger charge is -2.04. The molecule has 0 saturated heterocycles. The second-order valence-corrected chi connectivity index (χ2v) is 6.37. The number of esters is 2. The fraction of sp³-hybridized carbons (Fsp3) is 0.304. The first-order valence-corrected chi connectivity index (χ1v) is 9.11. The third kappa shape index (κ3) is 5.07. The minimum atomic E-state index is -0.391. The van der Waals surface area contributed by atoms with Gasteiger partial charge in [-0.2, -0.15) is 0 Å². The van der Waals surface area contributed by atoms with Gasteiger partial charge in [0.2, 0.25) is 0 Å². The summed E-state index contributed by atoms with van der Waals surface area (Å²) < 4.78 is 9.96. The number of carbonyl (C=O) groups excluding carboxylic acids is 2. The van der Waals surface area contributed by atoms with Crippen LogP contribution in [0.1, 0.15) is 41.7 Å². The van der Waals surface area contributed by atoms with E-state index in [0.717, 1.165) is 33.4 Å². The molecule has 2 aliphatic rings. The molecule has 0 radical (unpaired) electrons. The van der Waals surface area contributed by atoms with E-state index in [-0.39, 0.29) is 0 Å². The molecule has 0 aromatic carbocycles. The molecule has 0 spiro atoms. The highest BCUT2D eigenvalue weighted by Gasteiger charge is 2.17. The summed E-state index contributed by atoms with van der Waals surface area (Å²) in [4.78, 5) is 23.5. The summed E-state index contributed by atoms with van der Waals surface area (Å²) in [6.45, 7) is 10.4. The van der Waals surface area contributed by atoms with Gasteiger partial charge in [0.05, 0.1) is 13.2 Å². The fourth-order valence-corrected chi connectivity index (χ4v) is 3.21. The molecule has 0 amide bonds. The van der Waals surface area contributed by atoms with E-state index in [2.05, 4.69) is 32.9 Å². The molecular formula is C23H26O4. The van der Waals surface area contributed by atoms with E-state index in [0.29, 0.717) is 13.2 Å². The molecule has 0 heterocycles. The molecule has 0 aromatic rings. The number of fused-ring (bicyclic) bond motifs is 1. The Morgan fingerprint density at radius 3 is 2.00 bits per heavy atom. The van der Waals surface area contributed by atoms with Crippen LogP contribution in [0.2, 0.25) is 0 Å². The molecule has 27 heavy (non-hydrogen) atoms. The largest absolute Gasteiger partial charge is 0.463 e. The second kappa shape index (κ2) is 9.17. The normalized spacial score (nSPS) is 11.4. The van der Waals surface area contributed by atoms with Crippen LogP contribution in [-0.2, 0) is 19.1 Å². The minimum absolute atomic E-state index is 0.326. The molecule has 0 unspecified atom stereocenters. The van der Waals surface area contributed by atoms with E-state index in [4.69, 9.17) is 9.47 Å². The predicted molar refractivity (Wildman–Crippen MR) is 109 cm³/mol. The Morgan fingerprint density at radius 1 is 0.852 bits per heavy atom. The lowest BCUT2D eigenvalue weighted by Crippen LogP contribution is -1.99. The van der Waals surface area contributed by atoms with Gasteiger partial charge < -0.3 is 9.47 Å². The van der Waals surface area contributed by atoms with Gasteiger partial charge in [-0.05, 0) is 86.2 Å². The molecule has 0 atom stereocenters. The summed E-state index contributed by atoms with van der Waals surface area (Å²) in [6, 6.07) is 6.29. The van der Waals surface area contributed by atoms with Gasteiger partial charge in [0, 0.05) is 12.2 Å². The average Bonchev–Trinajstić information content (AvgIpc) is 2.92. The number of hydrogen-bond acceptors (Lipinski definition) is 4. The molecule has 0 bridgehead atoms. The minimum Gasteiger partial charge on any atom is -0.463 e. The van der Waals surface area contributed by atoms with Gasteiger partial charge in [-0.3, -0.25) is 0 Å². The first kappa shape index (κ1) is 20.4. The summed E-state index contributed by atoms with van der Waals surface area (Å²) in [5.74, 6) is -0.782. The van der Waals surface area contributed by atoms with Crippen molar-refractivity contribution in [2.45, 2.75) is 34.6 Å².